The van der Waals surface area contributed by atoms with Crippen molar-refractivity contribution in [2.24, 2.45) is 0 Å². The number of para-hydroxylation sites is 3. The van der Waals surface area contributed by atoms with E-state index in [1.807, 2.05) is 0 Å². The second kappa shape index (κ2) is 15.1. The average molecular weight is 803 g/mol. The van der Waals surface area contributed by atoms with Gasteiger partial charge in [-0.2, -0.15) is 0 Å². The van der Waals surface area contributed by atoms with Crippen molar-refractivity contribution in [1.29, 1.82) is 0 Å². The Morgan fingerprint density at radius 3 is 0.857 bits per heavy atom. The van der Waals surface area contributed by atoms with E-state index in [9.17, 15) is 0 Å². The minimum atomic E-state index is -0.403. The maximum Gasteiger partial charge on any atom is 0.0726 e. The molecule has 0 aromatic heterocycles. The van der Waals surface area contributed by atoms with Gasteiger partial charge in [0.1, 0.15) is 0 Å². The lowest BCUT2D eigenvalue weighted by Gasteiger charge is -2.32. The first-order chi connectivity index (χ1) is 31.3. The molecule has 0 unspecified atom stereocenters. The van der Waals surface area contributed by atoms with Gasteiger partial charge in [0.2, 0.25) is 0 Å². The summed E-state index contributed by atoms with van der Waals surface area (Å²) in [6.45, 7) is 0. The smallest absolute Gasteiger partial charge is 0.0726 e. The number of hydrogen-bond acceptors (Lipinski definition) is 2. The summed E-state index contributed by atoms with van der Waals surface area (Å²) in [5, 5.41) is 0. The fourth-order valence-corrected chi connectivity index (χ4v) is 10.3. The van der Waals surface area contributed by atoms with E-state index in [1.165, 1.54) is 66.8 Å². The van der Waals surface area contributed by atoms with E-state index in [4.69, 9.17) is 0 Å². The van der Waals surface area contributed by atoms with Crippen molar-refractivity contribution in [3.63, 3.8) is 0 Å². The van der Waals surface area contributed by atoms with Crippen LogP contribution in [0.2, 0.25) is 0 Å². The van der Waals surface area contributed by atoms with E-state index in [-0.39, 0.29) is 0 Å². The number of hydrogen-bond donors (Lipinski definition) is 0. The van der Waals surface area contributed by atoms with Crippen LogP contribution in [0.3, 0.4) is 0 Å². The van der Waals surface area contributed by atoms with Gasteiger partial charge in [0.15, 0.2) is 0 Å². The van der Waals surface area contributed by atoms with Crippen LogP contribution in [0.4, 0.5) is 34.1 Å². The second-order valence-electron chi connectivity index (χ2n) is 16.5. The van der Waals surface area contributed by atoms with Gasteiger partial charge < -0.3 is 9.80 Å². The summed E-state index contributed by atoms with van der Waals surface area (Å²) in [7, 11) is 0. The van der Waals surface area contributed by atoms with Crippen molar-refractivity contribution in [2.45, 2.75) is 5.41 Å². The predicted molar refractivity (Wildman–Crippen MR) is 263 cm³/mol. The quantitative estimate of drug-likeness (QED) is 0.151. The van der Waals surface area contributed by atoms with E-state index in [2.05, 4.69) is 265 Å². The molecule has 0 amide bonds. The van der Waals surface area contributed by atoms with Crippen molar-refractivity contribution >= 4 is 34.1 Å². The molecule has 296 valence electrons. The molecule has 0 fully saturated rings. The average Bonchev–Trinajstić information content (AvgIpc) is 3.83. The first-order valence-corrected chi connectivity index (χ1v) is 21.8. The first kappa shape index (κ1) is 36.6. The normalized spacial score (nSPS) is 12.6. The van der Waals surface area contributed by atoms with Gasteiger partial charge in [0, 0.05) is 34.1 Å². The van der Waals surface area contributed by atoms with E-state index < -0.39 is 5.41 Å². The minimum Gasteiger partial charge on any atom is -0.311 e. The lowest BCUT2D eigenvalue weighted by Crippen LogP contribution is -2.26. The number of anilines is 6. The molecule has 2 heteroatoms. The molecule has 2 aliphatic carbocycles. The molecule has 0 heterocycles. The van der Waals surface area contributed by atoms with Crippen molar-refractivity contribution in [1.82, 2.24) is 0 Å². The predicted octanol–water partition coefficient (Wildman–Crippen LogP) is 16.3. The highest BCUT2D eigenvalue weighted by atomic mass is 15.1. The van der Waals surface area contributed by atoms with E-state index in [0.717, 1.165) is 34.1 Å². The number of fused-ring (bicyclic) bond motifs is 10. The largest absolute Gasteiger partial charge is 0.311 e. The van der Waals surface area contributed by atoms with Gasteiger partial charge in [0.05, 0.1) is 5.41 Å². The molecule has 63 heavy (non-hydrogen) atoms. The Labute approximate surface area is 369 Å². The van der Waals surface area contributed by atoms with Crippen LogP contribution < -0.4 is 9.80 Å². The molecule has 10 aromatic carbocycles. The van der Waals surface area contributed by atoms with Crippen LogP contribution in [0, 0.1) is 0 Å². The van der Waals surface area contributed by atoms with Crippen LogP contribution in [0.25, 0.3) is 44.5 Å². The van der Waals surface area contributed by atoms with Crippen LogP contribution in [0.1, 0.15) is 22.3 Å². The third kappa shape index (κ3) is 5.95. The van der Waals surface area contributed by atoms with E-state index >= 15 is 0 Å². The highest BCUT2D eigenvalue weighted by molar-refractivity contribution is 5.96. The molecule has 2 nitrogen and oxygen atoms in total. The maximum atomic E-state index is 2.46. The molecular weight excluding hydrogens is 761 g/mol. The minimum absolute atomic E-state index is 0.403. The van der Waals surface area contributed by atoms with Crippen molar-refractivity contribution in [3.8, 4) is 44.5 Å². The summed E-state index contributed by atoms with van der Waals surface area (Å²) in [6, 6.07) is 92.9. The van der Waals surface area contributed by atoms with Gasteiger partial charge in [-0.15, -0.1) is 0 Å². The van der Waals surface area contributed by atoms with Gasteiger partial charge in [-0.3, -0.25) is 0 Å². The molecule has 0 saturated heterocycles. The molecule has 0 radical (unpaired) electrons. The van der Waals surface area contributed by atoms with Gasteiger partial charge in [0.25, 0.3) is 0 Å². The summed E-state index contributed by atoms with van der Waals surface area (Å²) >= 11 is 0. The van der Waals surface area contributed by atoms with E-state index in [1.54, 1.807) is 0 Å². The van der Waals surface area contributed by atoms with Crippen LogP contribution >= 0.6 is 0 Å². The highest BCUT2D eigenvalue weighted by Gasteiger charge is 2.51. The second-order valence-corrected chi connectivity index (χ2v) is 16.5. The highest BCUT2D eigenvalue weighted by Crippen LogP contribution is 2.63. The molecule has 2 aliphatic rings. The summed E-state index contributed by atoms with van der Waals surface area (Å²) in [4.78, 5) is 4.69. The van der Waals surface area contributed by atoms with Gasteiger partial charge in [-0.25, -0.2) is 0 Å². The lowest BCUT2D eigenvalue weighted by molar-refractivity contribution is 0.793. The van der Waals surface area contributed by atoms with Crippen molar-refractivity contribution < 1.29 is 0 Å². The molecule has 0 saturated carbocycles. The Bertz CT molecular complexity index is 3140. The summed E-state index contributed by atoms with van der Waals surface area (Å²) < 4.78 is 0. The Hall–Kier alpha value is -8.20. The van der Waals surface area contributed by atoms with Gasteiger partial charge in [-0.1, -0.05) is 182 Å². The standard InChI is InChI=1S/C61H42N2/c1-4-16-47(17-5-1)62(48-18-6-2-7-19-48)50-36-32-45(33-37-50)43-28-30-44(31-29-43)46-34-38-51(39-35-46)63(49-20-8-3-9-21-49)52-40-41-56-55-24-12-15-27-59(55)61(60(56)42-52)57-25-13-10-22-53(57)54-23-11-14-26-58(54)61/h1-42H. The van der Waals surface area contributed by atoms with Crippen molar-refractivity contribution in [3.05, 3.63) is 277 Å². The molecule has 0 bridgehead atoms. The summed E-state index contributed by atoms with van der Waals surface area (Å²) in [6.07, 6.45) is 0. The van der Waals surface area contributed by atoms with Crippen LogP contribution in [0.15, 0.2) is 255 Å². The third-order valence-electron chi connectivity index (χ3n) is 13.1. The Balaban J connectivity index is 0.880. The van der Waals surface area contributed by atoms with Gasteiger partial charge in [-0.05, 0) is 140 Å². The third-order valence-corrected chi connectivity index (χ3v) is 13.1. The fourth-order valence-electron chi connectivity index (χ4n) is 10.3. The molecule has 10 aromatic rings. The molecule has 1 spiro atoms. The van der Waals surface area contributed by atoms with Crippen molar-refractivity contribution in [2.75, 3.05) is 9.80 Å². The zero-order chi connectivity index (χ0) is 41.7. The molecule has 12 rings (SSSR count). The molecule has 0 N–H and O–H groups in total. The van der Waals surface area contributed by atoms with Crippen LogP contribution in [-0.4, -0.2) is 0 Å². The fraction of sp³-hybridized carbons (Fsp3) is 0.0164. The zero-order valence-corrected chi connectivity index (χ0v) is 34.6. The number of benzene rings is 10. The topological polar surface area (TPSA) is 6.48 Å². The van der Waals surface area contributed by atoms with Crippen LogP contribution in [0.5, 0.6) is 0 Å². The number of rotatable bonds is 8. The molecule has 0 atom stereocenters. The number of nitrogens with zero attached hydrogens (tertiary/aromatic N) is 2. The molecular formula is C61H42N2. The SMILES string of the molecule is c1ccc(N(c2ccccc2)c2ccc(-c3ccc(-c4ccc(N(c5ccccc5)c5ccc6c(c5)C5(c7ccccc7-c7ccccc75)c5ccccc5-6)cc4)cc3)cc2)cc1. The summed E-state index contributed by atoms with van der Waals surface area (Å²) in [5.41, 5.74) is 21.7. The Kier molecular flexibility index (Phi) is 8.76. The Morgan fingerprint density at radius 2 is 0.476 bits per heavy atom. The first-order valence-electron chi connectivity index (χ1n) is 21.8. The summed E-state index contributed by atoms with van der Waals surface area (Å²) in [5.74, 6) is 0. The Morgan fingerprint density at radius 1 is 0.206 bits per heavy atom. The monoisotopic (exact) mass is 802 g/mol. The molecule has 0 aliphatic heterocycles. The van der Waals surface area contributed by atoms with E-state index in [0.29, 0.717) is 0 Å². The van der Waals surface area contributed by atoms with Crippen LogP contribution in [-0.2, 0) is 5.41 Å². The lowest BCUT2D eigenvalue weighted by atomic mass is 9.70. The zero-order valence-electron chi connectivity index (χ0n) is 34.6. The maximum absolute atomic E-state index is 2.46. The van der Waals surface area contributed by atoms with Gasteiger partial charge >= 0.3 is 0 Å².